The van der Waals surface area contributed by atoms with Crippen LogP contribution in [0.15, 0.2) is 23.3 Å². The minimum Gasteiger partial charge on any atom is -0.458 e. The van der Waals surface area contributed by atoms with Crippen molar-refractivity contribution in [1.82, 2.24) is 0 Å². The first-order chi connectivity index (χ1) is 19.4. The van der Waals surface area contributed by atoms with Gasteiger partial charge in [0.15, 0.2) is 5.78 Å². The Balaban J connectivity index is 1.33. The number of carbonyl (C=O) groups excluding carboxylic acids is 2. The highest BCUT2D eigenvalue weighted by atomic mass is 16.6. The lowest BCUT2D eigenvalue weighted by Gasteiger charge is -2.50. The van der Waals surface area contributed by atoms with Crippen LogP contribution in [0.25, 0.3) is 0 Å². The van der Waals surface area contributed by atoms with Crippen molar-refractivity contribution < 1.29 is 29.6 Å². The molecule has 7 unspecified atom stereocenters. The van der Waals surface area contributed by atoms with E-state index in [9.17, 15) is 24.9 Å². The molecule has 232 valence electrons. The van der Waals surface area contributed by atoms with Crippen LogP contribution in [0.5, 0.6) is 0 Å². The van der Waals surface area contributed by atoms with Crippen molar-refractivity contribution in [1.29, 1.82) is 0 Å². The summed E-state index contributed by atoms with van der Waals surface area (Å²) in [5.74, 6) is -2.25. The molecular weight excluding hydrogens is 516 g/mol. The van der Waals surface area contributed by atoms with Crippen molar-refractivity contribution in [2.45, 2.75) is 148 Å². The molecule has 0 radical (unpaired) electrons. The second-order valence-electron chi connectivity index (χ2n) is 14.5. The van der Waals surface area contributed by atoms with Gasteiger partial charge >= 0.3 is 5.97 Å². The molecule has 0 heterocycles. The van der Waals surface area contributed by atoms with Crippen molar-refractivity contribution in [2.75, 3.05) is 6.61 Å². The standard InChI is InChI=1S/C35H56O6/c1-6-7-8-9-10-11-12-13-14-15-16-17-18-29(37)41-34-21-25(3)35(40)27(30(34)32(34,4)5)20-26(23-36)22-33(39)28(35)19-24(2)31(33)38/h19-20,25,27-28,30,36,39-40H,6-18,21-23H2,1-5H3. The van der Waals surface area contributed by atoms with Crippen LogP contribution in [-0.2, 0) is 14.3 Å². The number of rotatable bonds is 15. The van der Waals surface area contributed by atoms with Crippen LogP contribution in [0.1, 0.15) is 131 Å². The Hall–Kier alpha value is -1.50. The third kappa shape index (κ3) is 5.74. The smallest absolute Gasteiger partial charge is 0.306 e. The minimum absolute atomic E-state index is 0.00522. The maximum atomic E-state index is 13.1. The number of unbranched alkanes of at least 4 members (excludes halogenated alkanes) is 11. The van der Waals surface area contributed by atoms with Gasteiger partial charge in [0, 0.05) is 36.0 Å². The Morgan fingerprint density at radius 1 is 0.951 bits per heavy atom. The Morgan fingerprint density at radius 3 is 2.07 bits per heavy atom. The third-order valence-electron chi connectivity index (χ3n) is 11.4. The first-order valence-electron chi connectivity index (χ1n) is 16.6. The maximum absolute atomic E-state index is 13.1. The molecule has 4 aliphatic rings. The van der Waals surface area contributed by atoms with Gasteiger partial charge in [0.1, 0.15) is 11.2 Å². The van der Waals surface area contributed by atoms with E-state index in [-0.39, 0.29) is 42.0 Å². The summed E-state index contributed by atoms with van der Waals surface area (Å²) in [6.45, 7) is 9.79. The van der Waals surface area contributed by atoms with Crippen LogP contribution in [0.3, 0.4) is 0 Å². The zero-order chi connectivity index (χ0) is 30.1. The number of hydrogen-bond acceptors (Lipinski definition) is 6. The lowest BCUT2D eigenvalue weighted by atomic mass is 9.60. The third-order valence-corrected chi connectivity index (χ3v) is 11.4. The molecule has 0 bridgehead atoms. The van der Waals surface area contributed by atoms with E-state index in [1.54, 1.807) is 13.0 Å². The second kappa shape index (κ2) is 12.6. The molecule has 2 fully saturated rings. The molecule has 0 amide bonds. The van der Waals surface area contributed by atoms with Crippen LogP contribution in [0.4, 0.5) is 0 Å². The molecule has 7 atom stereocenters. The van der Waals surface area contributed by atoms with Crippen molar-refractivity contribution in [2.24, 2.45) is 29.1 Å². The van der Waals surface area contributed by atoms with E-state index in [4.69, 9.17) is 4.74 Å². The van der Waals surface area contributed by atoms with E-state index in [0.717, 1.165) is 19.3 Å². The maximum Gasteiger partial charge on any atom is 0.306 e. The van der Waals surface area contributed by atoms with Crippen LogP contribution >= 0.6 is 0 Å². The zero-order valence-corrected chi connectivity index (χ0v) is 26.3. The average Bonchev–Trinajstić information content (AvgIpc) is 3.33. The first kappa shape index (κ1) is 32.4. The van der Waals surface area contributed by atoms with Gasteiger partial charge in [-0.25, -0.2) is 0 Å². The number of carbonyl (C=O) groups is 2. The molecule has 0 aliphatic heterocycles. The van der Waals surface area contributed by atoms with Crippen LogP contribution in [0, 0.1) is 29.1 Å². The minimum atomic E-state index is -1.76. The molecule has 6 nitrogen and oxygen atoms in total. The molecule has 0 spiro atoms. The van der Waals surface area contributed by atoms with E-state index in [1.807, 2.05) is 13.0 Å². The summed E-state index contributed by atoms with van der Waals surface area (Å²) in [5.41, 5.74) is -3.20. The van der Waals surface area contributed by atoms with Crippen molar-refractivity contribution in [3.05, 3.63) is 23.3 Å². The summed E-state index contributed by atoms with van der Waals surface area (Å²) in [7, 11) is 0. The Morgan fingerprint density at radius 2 is 1.51 bits per heavy atom. The zero-order valence-electron chi connectivity index (χ0n) is 26.3. The normalized spacial score (nSPS) is 36.9. The van der Waals surface area contributed by atoms with Gasteiger partial charge in [0.05, 0.1) is 12.2 Å². The van der Waals surface area contributed by atoms with Crippen LogP contribution < -0.4 is 0 Å². The molecule has 0 aromatic carbocycles. The van der Waals surface area contributed by atoms with Gasteiger partial charge in [0.2, 0.25) is 0 Å². The molecule has 3 N–H and O–H groups in total. The van der Waals surface area contributed by atoms with Crippen LogP contribution in [-0.4, -0.2) is 50.5 Å². The van der Waals surface area contributed by atoms with Gasteiger partial charge in [-0.1, -0.05) is 110 Å². The highest BCUT2D eigenvalue weighted by Gasteiger charge is 2.83. The summed E-state index contributed by atoms with van der Waals surface area (Å²) in [6, 6.07) is 0. The van der Waals surface area contributed by atoms with Crippen molar-refractivity contribution in [3.63, 3.8) is 0 Å². The number of fused-ring (bicyclic) bond motifs is 5. The van der Waals surface area contributed by atoms with E-state index >= 15 is 0 Å². The van der Waals surface area contributed by atoms with Crippen molar-refractivity contribution >= 4 is 11.8 Å². The summed E-state index contributed by atoms with van der Waals surface area (Å²) in [6.07, 6.45) is 19.4. The molecule has 0 saturated heterocycles. The quantitative estimate of drug-likeness (QED) is 0.116. The lowest BCUT2D eigenvalue weighted by molar-refractivity contribution is -0.187. The Labute approximate surface area is 248 Å². The van der Waals surface area contributed by atoms with Gasteiger partial charge < -0.3 is 20.1 Å². The molecule has 0 aromatic rings. The topological polar surface area (TPSA) is 104 Å². The number of aliphatic hydroxyl groups is 3. The number of esters is 1. The van der Waals surface area contributed by atoms with E-state index in [0.29, 0.717) is 24.0 Å². The van der Waals surface area contributed by atoms with E-state index in [2.05, 4.69) is 20.8 Å². The van der Waals surface area contributed by atoms with Gasteiger partial charge in [-0.15, -0.1) is 0 Å². The number of aliphatic hydroxyl groups excluding tert-OH is 1. The molecule has 2 saturated carbocycles. The Bertz CT molecular complexity index is 1030. The molecule has 41 heavy (non-hydrogen) atoms. The summed E-state index contributed by atoms with van der Waals surface area (Å²) in [5, 5.41) is 34.2. The fourth-order valence-corrected chi connectivity index (χ4v) is 8.96. The monoisotopic (exact) mass is 572 g/mol. The number of ether oxygens (including phenoxy) is 1. The molecule has 6 heteroatoms. The van der Waals surface area contributed by atoms with Crippen molar-refractivity contribution in [3.8, 4) is 0 Å². The summed E-state index contributed by atoms with van der Waals surface area (Å²) in [4.78, 5) is 26.2. The number of ketones is 1. The number of hydrogen-bond donors (Lipinski definition) is 3. The lowest BCUT2D eigenvalue weighted by Crippen LogP contribution is -2.61. The van der Waals surface area contributed by atoms with Gasteiger partial charge in [-0.05, 0) is 36.8 Å². The summed E-state index contributed by atoms with van der Waals surface area (Å²) < 4.78 is 6.33. The predicted molar refractivity (Wildman–Crippen MR) is 161 cm³/mol. The molecular formula is C35H56O6. The summed E-state index contributed by atoms with van der Waals surface area (Å²) >= 11 is 0. The molecule has 4 rings (SSSR count). The predicted octanol–water partition coefficient (Wildman–Crippen LogP) is 6.60. The van der Waals surface area contributed by atoms with Gasteiger partial charge in [-0.2, -0.15) is 0 Å². The van der Waals surface area contributed by atoms with Gasteiger partial charge in [0.25, 0.3) is 0 Å². The van der Waals surface area contributed by atoms with Gasteiger partial charge in [-0.3, -0.25) is 9.59 Å². The fraction of sp³-hybridized carbons (Fsp3) is 0.829. The largest absolute Gasteiger partial charge is 0.458 e. The SMILES string of the molecule is CCCCCCCCCCCCCCC(=O)OC12CC(C)C3(O)C(C=C(CO)CC4(O)C(=O)C(C)=CC43)C1C2(C)C. The average molecular weight is 573 g/mol. The first-order valence-corrected chi connectivity index (χ1v) is 16.6. The second-order valence-corrected chi connectivity index (χ2v) is 14.5. The highest BCUT2D eigenvalue weighted by Crippen LogP contribution is 2.76. The molecule has 0 aromatic heterocycles. The Kier molecular flexibility index (Phi) is 9.98. The number of Topliss-reactive ketones (excluding diaryl/α,β-unsaturated/α-hetero) is 1. The highest BCUT2D eigenvalue weighted by molar-refractivity contribution is 6.04. The van der Waals surface area contributed by atoms with Crippen LogP contribution in [0.2, 0.25) is 0 Å². The van der Waals surface area contributed by atoms with E-state index < -0.39 is 28.6 Å². The fourth-order valence-electron chi connectivity index (χ4n) is 8.96. The molecule has 4 aliphatic carbocycles. The van der Waals surface area contributed by atoms with E-state index in [1.165, 1.54) is 57.8 Å².